The average molecular weight is 111 g/mol. The van der Waals surface area contributed by atoms with Gasteiger partial charge in [-0.15, -0.1) is 12.4 Å². The van der Waals surface area contributed by atoms with E-state index in [0.29, 0.717) is 13.1 Å². The molecular formula is C3H7ClFN. The van der Waals surface area contributed by atoms with Gasteiger partial charge < -0.3 is 5.32 Å². The summed E-state index contributed by atoms with van der Waals surface area (Å²) in [6.07, 6.45) is -0.546. The Morgan fingerprint density at radius 3 is 1.83 bits per heavy atom. The molecule has 0 radical (unpaired) electrons. The fourth-order valence-corrected chi connectivity index (χ4v) is 0.253. The largest absolute Gasteiger partial charge is 0.311 e. The van der Waals surface area contributed by atoms with Crippen LogP contribution in [0, 0.1) is 0 Å². The van der Waals surface area contributed by atoms with Gasteiger partial charge in [-0.1, -0.05) is 0 Å². The van der Waals surface area contributed by atoms with Crippen molar-refractivity contribution in [2.45, 2.75) is 6.17 Å². The molecule has 0 aromatic rings. The molecule has 1 rings (SSSR count). The molecule has 0 bridgehead atoms. The highest BCUT2D eigenvalue weighted by Crippen LogP contribution is 1.92. The molecule has 0 amide bonds. The molecule has 0 atom stereocenters. The van der Waals surface area contributed by atoms with Gasteiger partial charge in [0, 0.05) is 13.1 Å². The zero-order valence-corrected chi connectivity index (χ0v) is 4.09. The first-order valence-electron chi connectivity index (χ1n) is 1.74. The van der Waals surface area contributed by atoms with Gasteiger partial charge in [0.15, 0.2) is 0 Å². The lowest BCUT2D eigenvalue weighted by molar-refractivity contribution is 0.237. The van der Waals surface area contributed by atoms with Crippen LogP contribution in [0.25, 0.3) is 0 Å². The molecule has 3 heteroatoms. The van der Waals surface area contributed by atoms with Crippen molar-refractivity contribution in [2.75, 3.05) is 13.1 Å². The first-order chi connectivity index (χ1) is 2.39. The minimum absolute atomic E-state index is 0. The zero-order valence-electron chi connectivity index (χ0n) is 3.28. The predicted octanol–water partition coefficient (Wildman–Crippen LogP) is 0.350. The molecule has 1 aliphatic heterocycles. The molecule has 1 N–H and O–H groups in total. The Bertz CT molecular complexity index is 37.8. The zero-order chi connectivity index (χ0) is 3.70. The molecule has 1 heterocycles. The van der Waals surface area contributed by atoms with E-state index in [2.05, 4.69) is 5.32 Å². The van der Waals surface area contributed by atoms with E-state index in [9.17, 15) is 4.39 Å². The van der Waals surface area contributed by atoms with E-state index in [4.69, 9.17) is 0 Å². The second kappa shape index (κ2) is 2.37. The van der Waals surface area contributed by atoms with Crippen molar-refractivity contribution in [2.24, 2.45) is 0 Å². The maximum atomic E-state index is 11.5. The first kappa shape index (κ1) is 6.18. The van der Waals surface area contributed by atoms with E-state index in [1.54, 1.807) is 0 Å². The number of hydrogen-bond acceptors (Lipinski definition) is 1. The quantitative estimate of drug-likeness (QED) is 0.475. The maximum absolute atomic E-state index is 11.5. The van der Waals surface area contributed by atoms with Crippen LogP contribution in [0.1, 0.15) is 0 Å². The molecule has 6 heavy (non-hydrogen) atoms. The van der Waals surface area contributed by atoms with Crippen LogP contribution in [0.3, 0.4) is 0 Å². The van der Waals surface area contributed by atoms with Crippen molar-refractivity contribution in [3.8, 4) is 0 Å². The van der Waals surface area contributed by atoms with Crippen molar-refractivity contribution in [3.05, 3.63) is 0 Å². The first-order valence-corrected chi connectivity index (χ1v) is 1.74. The average Bonchev–Trinajstić information content (AvgIpc) is 1.30. The van der Waals surface area contributed by atoms with Gasteiger partial charge in [-0.05, 0) is 0 Å². The highest BCUT2D eigenvalue weighted by Gasteiger charge is 2.12. The monoisotopic (exact) mass is 110 g/mol. The Balaban J connectivity index is 0.000000250. The molecule has 0 aromatic heterocycles. The third kappa shape index (κ3) is 1.11. The van der Waals surface area contributed by atoms with Crippen LogP contribution in [0.4, 0.5) is 4.39 Å². The normalized spacial score (nSPS) is 21.5. The molecule has 1 fully saturated rings. The van der Waals surface area contributed by atoms with Crippen molar-refractivity contribution >= 4 is 12.4 Å². The van der Waals surface area contributed by atoms with E-state index in [1.165, 1.54) is 0 Å². The van der Waals surface area contributed by atoms with Crippen LogP contribution in [0.15, 0.2) is 0 Å². The predicted molar refractivity (Wildman–Crippen MR) is 25.0 cm³/mol. The Morgan fingerprint density at radius 2 is 1.83 bits per heavy atom. The fraction of sp³-hybridized carbons (Fsp3) is 1.00. The number of alkyl halides is 1. The van der Waals surface area contributed by atoms with Crippen LogP contribution in [-0.4, -0.2) is 19.3 Å². The minimum Gasteiger partial charge on any atom is -0.311 e. The molecule has 1 nitrogen and oxygen atoms in total. The van der Waals surface area contributed by atoms with Gasteiger partial charge in [-0.3, -0.25) is 0 Å². The van der Waals surface area contributed by atoms with Gasteiger partial charge in [0.05, 0.1) is 0 Å². The third-order valence-electron chi connectivity index (χ3n) is 0.732. The van der Waals surface area contributed by atoms with E-state index in [0.717, 1.165) is 0 Å². The molecule has 0 unspecified atom stereocenters. The second-order valence-corrected chi connectivity index (χ2v) is 1.26. The van der Waals surface area contributed by atoms with E-state index >= 15 is 0 Å². The van der Waals surface area contributed by atoms with Crippen LogP contribution in [0.5, 0.6) is 0 Å². The summed E-state index contributed by atoms with van der Waals surface area (Å²) >= 11 is 0. The van der Waals surface area contributed by atoms with Gasteiger partial charge in [-0.2, -0.15) is 0 Å². The molecule has 38 valence electrons. The number of halogens is 2. The Hall–Kier alpha value is 0.180. The summed E-state index contributed by atoms with van der Waals surface area (Å²) in [5, 5.41) is 2.79. The summed E-state index contributed by atoms with van der Waals surface area (Å²) in [6, 6.07) is 0. The van der Waals surface area contributed by atoms with Gasteiger partial charge >= 0.3 is 0 Å². The van der Waals surface area contributed by atoms with Crippen LogP contribution < -0.4 is 5.32 Å². The molecule has 1 saturated heterocycles. The highest BCUT2D eigenvalue weighted by molar-refractivity contribution is 5.85. The summed E-state index contributed by atoms with van der Waals surface area (Å²) < 4.78 is 11.5. The molecule has 0 aromatic carbocycles. The van der Waals surface area contributed by atoms with E-state index in [-0.39, 0.29) is 12.4 Å². The van der Waals surface area contributed by atoms with Gasteiger partial charge in [0.1, 0.15) is 6.17 Å². The molecule has 0 spiro atoms. The third-order valence-corrected chi connectivity index (χ3v) is 0.732. The van der Waals surface area contributed by atoms with Crippen LogP contribution >= 0.6 is 12.4 Å². The number of nitrogens with one attached hydrogen (secondary N) is 1. The fourth-order valence-electron chi connectivity index (χ4n) is 0.253. The molecular weight excluding hydrogens is 103 g/mol. The summed E-state index contributed by atoms with van der Waals surface area (Å²) in [4.78, 5) is 0. The smallest absolute Gasteiger partial charge is 0.125 e. The standard InChI is InChI=1S/C3H6FN.ClH/c4-3-1-5-2-3;/h3,5H,1-2H2;1H/i4-1;. The number of rotatable bonds is 0. The number of hydrogen-bond donors (Lipinski definition) is 1. The minimum atomic E-state index is -0.546. The lowest BCUT2D eigenvalue weighted by Crippen LogP contribution is -2.43. The SMILES string of the molecule is Cl.[18F]C1CNC1. The van der Waals surface area contributed by atoms with Crippen LogP contribution in [-0.2, 0) is 0 Å². The second-order valence-electron chi connectivity index (χ2n) is 1.26. The highest BCUT2D eigenvalue weighted by atomic mass is 35.5. The van der Waals surface area contributed by atoms with Crippen LogP contribution in [0.2, 0.25) is 0 Å². The topological polar surface area (TPSA) is 12.0 Å². The lowest BCUT2D eigenvalue weighted by Gasteiger charge is -2.17. The summed E-state index contributed by atoms with van der Waals surface area (Å²) in [5.74, 6) is 0. The van der Waals surface area contributed by atoms with E-state index < -0.39 is 6.17 Å². The molecule has 1 aliphatic rings. The Kier molecular flexibility index (Phi) is 2.44. The summed E-state index contributed by atoms with van der Waals surface area (Å²) in [5.41, 5.74) is 0. The van der Waals surface area contributed by atoms with Crippen molar-refractivity contribution in [1.82, 2.24) is 5.32 Å². The summed E-state index contributed by atoms with van der Waals surface area (Å²) in [7, 11) is 0. The Morgan fingerprint density at radius 1 is 1.50 bits per heavy atom. The maximum Gasteiger partial charge on any atom is 0.125 e. The van der Waals surface area contributed by atoms with Gasteiger partial charge in [-0.25, -0.2) is 4.39 Å². The van der Waals surface area contributed by atoms with Crippen molar-refractivity contribution in [3.63, 3.8) is 0 Å². The van der Waals surface area contributed by atoms with Gasteiger partial charge in [0.25, 0.3) is 0 Å². The van der Waals surface area contributed by atoms with Crippen molar-refractivity contribution in [1.29, 1.82) is 0 Å². The van der Waals surface area contributed by atoms with Crippen molar-refractivity contribution < 1.29 is 4.39 Å². The molecule has 0 saturated carbocycles. The Labute approximate surface area is 42.3 Å². The lowest BCUT2D eigenvalue weighted by atomic mass is 10.3. The summed E-state index contributed by atoms with van der Waals surface area (Å²) in [6.45, 7) is 1.14. The van der Waals surface area contributed by atoms with Gasteiger partial charge in [0.2, 0.25) is 0 Å². The van der Waals surface area contributed by atoms with E-state index in [1.807, 2.05) is 0 Å². The molecule has 0 aliphatic carbocycles.